The van der Waals surface area contributed by atoms with Gasteiger partial charge in [-0.25, -0.2) is 13.9 Å². The van der Waals surface area contributed by atoms with E-state index in [9.17, 15) is 14.4 Å². The van der Waals surface area contributed by atoms with Crippen molar-refractivity contribution in [3.8, 4) is 6.07 Å². The first kappa shape index (κ1) is 15.4. The molecule has 0 atom stereocenters. The first-order valence-electron chi connectivity index (χ1n) is 7.20. The third kappa shape index (κ3) is 2.75. The van der Waals surface area contributed by atoms with Gasteiger partial charge in [0.05, 0.1) is 6.61 Å². The van der Waals surface area contributed by atoms with Gasteiger partial charge in [-0.2, -0.15) is 10.4 Å². The maximum atomic E-state index is 13.5. The minimum absolute atomic E-state index is 0.149. The summed E-state index contributed by atoms with van der Waals surface area (Å²) in [6.07, 6.45) is 2.04. The maximum absolute atomic E-state index is 13.5. The molecule has 2 aromatic heterocycles. The van der Waals surface area contributed by atoms with Gasteiger partial charge in [0.15, 0.2) is 5.65 Å². The van der Waals surface area contributed by atoms with Gasteiger partial charge >= 0.3 is 0 Å². The Bertz CT molecular complexity index is 800. The summed E-state index contributed by atoms with van der Waals surface area (Å²) in [6.45, 7) is 1.67. The van der Waals surface area contributed by atoms with Crippen molar-refractivity contribution in [3.63, 3.8) is 0 Å². The van der Waals surface area contributed by atoms with Crippen molar-refractivity contribution in [1.29, 1.82) is 5.26 Å². The maximum Gasteiger partial charge on any atom is 0.270 e. The average molecular weight is 317 g/mol. The molecule has 8 heteroatoms. The summed E-state index contributed by atoms with van der Waals surface area (Å²) < 4.78 is 19.9. The lowest BCUT2D eigenvalue weighted by Gasteiger charge is -2.38. The normalized spacial score (nSPS) is 23.3. The van der Waals surface area contributed by atoms with Gasteiger partial charge in [-0.05, 0) is 13.0 Å². The molecule has 3 rings (SSSR count). The lowest BCUT2D eigenvalue weighted by atomic mass is 9.79. The fraction of sp³-hybridized carbons (Fsp3) is 0.467. The molecule has 120 valence electrons. The number of rotatable bonds is 4. The number of methoxy groups -OCH3 is 1. The molecule has 7 nitrogen and oxygen atoms in total. The van der Waals surface area contributed by atoms with E-state index in [0.29, 0.717) is 24.2 Å². The monoisotopic (exact) mass is 317 g/mol. The molecule has 1 aliphatic carbocycles. The number of ether oxygens (including phenoxy) is 1. The second kappa shape index (κ2) is 5.59. The number of nitrogens with zero attached hydrogens (tertiary/aromatic N) is 4. The summed E-state index contributed by atoms with van der Waals surface area (Å²) in [4.78, 5) is 16.5. The van der Waals surface area contributed by atoms with Gasteiger partial charge in [-0.15, -0.1) is 0 Å². The van der Waals surface area contributed by atoms with Crippen molar-refractivity contribution in [2.75, 3.05) is 7.11 Å². The van der Waals surface area contributed by atoms with Crippen LogP contribution in [0.3, 0.4) is 0 Å². The first-order valence-corrected chi connectivity index (χ1v) is 7.20. The Hall–Kier alpha value is -2.53. The Morgan fingerprint density at radius 2 is 2.39 bits per heavy atom. The number of fused-ring (bicyclic) bond motifs is 1. The molecule has 0 saturated heterocycles. The van der Waals surface area contributed by atoms with Crippen molar-refractivity contribution in [2.24, 2.45) is 0 Å². The second-order valence-electron chi connectivity index (χ2n) is 5.92. The van der Waals surface area contributed by atoms with E-state index in [0.717, 1.165) is 0 Å². The number of alkyl halides is 1. The van der Waals surface area contributed by atoms with Crippen LogP contribution in [0.15, 0.2) is 12.3 Å². The number of carbonyl (C=O) groups is 1. The average Bonchev–Trinajstić information content (AvgIpc) is 2.82. The van der Waals surface area contributed by atoms with Crippen LogP contribution >= 0.6 is 0 Å². The highest BCUT2D eigenvalue weighted by molar-refractivity contribution is 5.93. The zero-order chi connectivity index (χ0) is 16.6. The predicted octanol–water partition coefficient (Wildman–Crippen LogP) is 1.37. The molecule has 0 aromatic carbocycles. The molecule has 0 aliphatic heterocycles. The molecule has 2 aromatic rings. The van der Waals surface area contributed by atoms with Crippen LogP contribution in [-0.2, 0) is 11.3 Å². The molecule has 23 heavy (non-hydrogen) atoms. The molecule has 1 N–H and O–H groups in total. The molecule has 0 spiro atoms. The van der Waals surface area contributed by atoms with Gasteiger partial charge in [0, 0.05) is 32.2 Å². The number of aromatic nitrogens is 3. The predicted molar refractivity (Wildman–Crippen MR) is 78.4 cm³/mol. The fourth-order valence-corrected chi connectivity index (χ4v) is 2.84. The molecule has 0 bridgehead atoms. The van der Waals surface area contributed by atoms with E-state index in [1.54, 1.807) is 0 Å². The van der Waals surface area contributed by atoms with Crippen molar-refractivity contribution in [3.05, 3.63) is 29.2 Å². The largest absolute Gasteiger partial charge is 0.378 e. The van der Waals surface area contributed by atoms with E-state index in [1.165, 1.54) is 30.8 Å². The molecular weight excluding hydrogens is 301 g/mol. The summed E-state index contributed by atoms with van der Waals surface area (Å²) >= 11 is 0. The minimum atomic E-state index is -1.21. The Labute approximate surface area is 132 Å². The van der Waals surface area contributed by atoms with Crippen molar-refractivity contribution >= 4 is 11.6 Å². The molecular formula is C15H16FN5O2. The van der Waals surface area contributed by atoms with Gasteiger partial charge in [0.25, 0.3) is 5.91 Å². The molecule has 1 fully saturated rings. The van der Waals surface area contributed by atoms with E-state index in [4.69, 9.17) is 4.74 Å². The van der Waals surface area contributed by atoms with Gasteiger partial charge in [-0.1, -0.05) is 0 Å². The van der Waals surface area contributed by atoms with Gasteiger partial charge in [0.2, 0.25) is 0 Å². The minimum Gasteiger partial charge on any atom is -0.378 e. The quantitative estimate of drug-likeness (QED) is 0.919. The summed E-state index contributed by atoms with van der Waals surface area (Å²) in [5.41, 5.74) is 0.0401. The lowest BCUT2D eigenvalue weighted by molar-refractivity contribution is 0.0442. The Morgan fingerprint density at radius 1 is 1.65 bits per heavy atom. The molecule has 0 radical (unpaired) electrons. The molecule has 0 unspecified atom stereocenters. The van der Waals surface area contributed by atoms with Gasteiger partial charge in [-0.3, -0.25) is 4.79 Å². The lowest BCUT2D eigenvalue weighted by Crippen LogP contribution is -2.51. The van der Waals surface area contributed by atoms with Crippen LogP contribution in [0.1, 0.15) is 41.5 Å². The van der Waals surface area contributed by atoms with E-state index in [1.807, 2.05) is 6.07 Å². The van der Waals surface area contributed by atoms with Crippen LogP contribution in [0.2, 0.25) is 0 Å². The van der Waals surface area contributed by atoms with Crippen molar-refractivity contribution in [1.82, 2.24) is 19.9 Å². The Balaban J connectivity index is 1.92. The van der Waals surface area contributed by atoms with Crippen LogP contribution < -0.4 is 5.32 Å². The highest BCUT2D eigenvalue weighted by atomic mass is 19.1. The smallest absolute Gasteiger partial charge is 0.270 e. The van der Waals surface area contributed by atoms with Crippen LogP contribution in [-0.4, -0.2) is 39.3 Å². The number of nitriles is 1. The zero-order valence-corrected chi connectivity index (χ0v) is 12.8. The van der Waals surface area contributed by atoms with Crippen LogP contribution in [0.5, 0.6) is 0 Å². The molecule has 1 saturated carbocycles. The van der Waals surface area contributed by atoms with Crippen molar-refractivity contribution < 1.29 is 13.9 Å². The Kier molecular flexibility index (Phi) is 3.74. The number of hydrogen-bond acceptors (Lipinski definition) is 5. The van der Waals surface area contributed by atoms with E-state index < -0.39 is 5.67 Å². The summed E-state index contributed by atoms with van der Waals surface area (Å²) in [7, 11) is 1.50. The van der Waals surface area contributed by atoms with Crippen LogP contribution in [0, 0.1) is 11.3 Å². The number of carbonyl (C=O) groups excluding carboxylic acids is 1. The van der Waals surface area contributed by atoms with Crippen LogP contribution in [0.25, 0.3) is 5.65 Å². The second-order valence-corrected chi connectivity index (χ2v) is 5.92. The van der Waals surface area contributed by atoms with Crippen molar-refractivity contribution in [2.45, 2.75) is 38.1 Å². The number of nitrogens with one attached hydrogen (secondary N) is 1. The SMILES string of the molecule is COCc1nn2c(C(=O)NC3CC(C)(F)C3)ccnc2c1C#N. The Morgan fingerprint density at radius 3 is 3.00 bits per heavy atom. The van der Waals surface area contributed by atoms with Crippen LogP contribution in [0.4, 0.5) is 4.39 Å². The standard InChI is InChI=1S/C15H16FN5O2/c1-15(16)5-9(6-15)19-14(22)12-3-4-18-13-10(7-17)11(8-23-2)20-21(12)13/h3-4,9H,5-6,8H2,1-2H3,(H,19,22). The van der Waals surface area contributed by atoms with Gasteiger partial charge < -0.3 is 10.1 Å². The van der Waals surface area contributed by atoms with Gasteiger partial charge in [0.1, 0.15) is 28.7 Å². The highest BCUT2D eigenvalue weighted by Gasteiger charge is 2.41. The topological polar surface area (TPSA) is 92.3 Å². The first-order chi connectivity index (χ1) is 10.9. The van der Waals surface area contributed by atoms with E-state index in [-0.39, 0.29) is 29.8 Å². The number of hydrogen-bond donors (Lipinski definition) is 1. The number of halogens is 1. The molecule has 1 amide bonds. The van der Waals surface area contributed by atoms with E-state index >= 15 is 0 Å². The highest BCUT2D eigenvalue weighted by Crippen LogP contribution is 2.35. The third-order valence-corrected chi connectivity index (χ3v) is 3.90. The summed E-state index contributed by atoms with van der Waals surface area (Å²) in [6, 6.07) is 3.36. The molecule has 2 heterocycles. The zero-order valence-electron chi connectivity index (χ0n) is 12.8. The third-order valence-electron chi connectivity index (χ3n) is 3.90. The molecule has 1 aliphatic rings. The number of amides is 1. The summed E-state index contributed by atoms with van der Waals surface area (Å²) in [5, 5.41) is 16.3. The summed E-state index contributed by atoms with van der Waals surface area (Å²) in [5.74, 6) is -0.367. The van der Waals surface area contributed by atoms with E-state index in [2.05, 4.69) is 15.4 Å². The fourth-order valence-electron chi connectivity index (χ4n) is 2.84.